The fourth-order valence-corrected chi connectivity index (χ4v) is 1.93. The Morgan fingerprint density at radius 3 is 2.50 bits per heavy atom. The van der Waals surface area contributed by atoms with Crippen LogP contribution in [0, 0.1) is 14.0 Å². The summed E-state index contributed by atoms with van der Waals surface area (Å²) in [5.74, 6) is 0. The third-order valence-corrected chi connectivity index (χ3v) is 2.65. The normalized spacial score (nSPS) is 32.6. The second-order valence-corrected chi connectivity index (χ2v) is 3.49. The van der Waals surface area contributed by atoms with Crippen LogP contribution in [0.3, 0.4) is 0 Å². The van der Waals surface area contributed by atoms with Crippen LogP contribution in [-0.2, 0) is 25.8 Å². The van der Waals surface area contributed by atoms with E-state index >= 15 is 0 Å². The number of likely N-dealkylation sites (tertiary alicyclic amines) is 1. The molecule has 0 aliphatic carbocycles. The first-order chi connectivity index (χ1) is 6.27. The largest absolute Gasteiger partial charge is 2.00 e. The Bertz CT molecular complexity index is 157. The topological polar surface area (TPSA) is 15.7 Å². The standard InChI is InChI=1S/C8H15N2O.C2H5.W/c1-9-5-7-8(6-9)11-4-3-10(7)2;1-2;/h7-8H,1,3-6H2,2H3;1H2,2H3;/q2*-1;+2/t7-,8+;;/m1../s1. The Morgan fingerprint density at radius 1 is 1.29 bits per heavy atom. The molecule has 2 rings (SSSR count). The van der Waals surface area contributed by atoms with Gasteiger partial charge >= 0.3 is 21.1 Å². The van der Waals surface area contributed by atoms with E-state index in [2.05, 4.69) is 30.8 Å². The van der Waals surface area contributed by atoms with E-state index in [1.54, 1.807) is 6.92 Å². The van der Waals surface area contributed by atoms with E-state index < -0.39 is 0 Å². The van der Waals surface area contributed by atoms with E-state index in [0.717, 1.165) is 26.2 Å². The van der Waals surface area contributed by atoms with E-state index in [1.807, 2.05) is 0 Å². The molecule has 0 aromatic carbocycles. The minimum absolute atomic E-state index is 0. The Labute approximate surface area is 102 Å². The number of hydrogen-bond donors (Lipinski definition) is 0. The predicted molar refractivity (Wildman–Crippen MR) is 54.1 cm³/mol. The Kier molecular flexibility index (Phi) is 7.23. The van der Waals surface area contributed by atoms with Gasteiger partial charge in [-0.15, -0.1) is 0 Å². The monoisotopic (exact) mass is 368 g/mol. The molecule has 0 radical (unpaired) electrons. The minimum atomic E-state index is 0. The van der Waals surface area contributed by atoms with Crippen molar-refractivity contribution in [2.75, 3.05) is 33.3 Å². The summed E-state index contributed by atoms with van der Waals surface area (Å²) in [4.78, 5) is 4.47. The molecule has 2 aliphatic heterocycles. The van der Waals surface area contributed by atoms with Gasteiger partial charge in [0.05, 0.1) is 12.7 Å². The summed E-state index contributed by atoms with van der Waals surface area (Å²) in [7, 11) is 6.09. The van der Waals surface area contributed by atoms with Gasteiger partial charge in [-0.2, -0.15) is 6.92 Å². The Balaban J connectivity index is 0.000000531. The maximum Gasteiger partial charge on any atom is 2.00 e. The van der Waals surface area contributed by atoms with Gasteiger partial charge in [0.25, 0.3) is 0 Å². The number of likely N-dealkylation sites (N-methyl/N-ethyl adjacent to an activating group) is 1. The first-order valence-electron chi connectivity index (χ1n) is 4.85. The van der Waals surface area contributed by atoms with Gasteiger partial charge < -0.3 is 16.6 Å². The van der Waals surface area contributed by atoms with Crippen molar-refractivity contribution in [2.45, 2.75) is 19.1 Å². The third kappa shape index (κ3) is 3.30. The molecule has 0 bridgehead atoms. The van der Waals surface area contributed by atoms with Gasteiger partial charge in [-0.25, -0.2) is 0 Å². The van der Waals surface area contributed by atoms with E-state index in [-0.39, 0.29) is 21.1 Å². The SMILES string of the molecule is [CH2-]C.[CH2-]N1C[C@@H]2OCCN(C)[C@@H]2C1.[W+2]. The van der Waals surface area contributed by atoms with Crippen LogP contribution in [0.15, 0.2) is 0 Å². The molecule has 2 aliphatic rings. The van der Waals surface area contributed by atoms with Crippen molar-refractivity contribution in [1.82, 2.24) is 9.80 Å². The summed E-state index contributed by atoms with van der Waals surface area (Å²) in [5, 5.41) is 0. The zero-order valence-corrected chi connectivity index (χ0v) is 12.0. The van der Waals surface area contributed by atoms with Crippen LogP contribution in [0.1, 0.15) is 6.92 Å². The van der Waals surface area contributed by atoms with Crippen LogP contribution < -0.4 is 0 Å². The zero-order valence-electron chi connectivity index (χ0n) is 9.11. The summed E-state index contributed by atoms with van der Waals surface area (Å²) in [6, 6.07) is 0.584. The second-order valence-electron chi connectivity index (χ2n) is 3.49. The third-order valence-electron chi connectivity index (χ3n) is 2.65. The number of ether oxygens (including phenoxy) is 1. The van der Waals surface area contributed by atoms with Crippen LogP contribution >= 0.6 is 0 Å². The molecule has 0 amide bonds. The molecule has 0 saturated carbocycles. The smallest absolute Gasteiger partial charge is 0.456 e. The van der Waals surface area contributed by atoms with Crippen molar-refractivity contribution in [3.8, 4) is 0 Å². The van der Waals surface area contributed by atoms with Gasteiger partial charge in [0.2, 0.25) is 0 Å². The fraction of sp³-hybridized carbons (Fsp3) is 0.800. The molecule has 0 spiro atoms. The molecule has 2 saturated heterocycles. The van der Waals surface area contributed by atoms with Crippen LogP contribution in [-0.4, -0.2) is 55.2 Å². The molecule has 2 heterocycles. The van der Waals surface area contributed by atoms with E-state index in [1.165, 1.54) is 0 Å². The summed E-state index contributed by atoms with van der Waals surface area (Å²) < 4.78 is 5.62. The molecule has 0 aromatic heterocycles. The van der Waals surface area contributed by atoms with Gasteiger partial charge in [-0.05, 0) is 20.1 Å². The predicted octanol–water partition coefficient (Wildman–Crippen LogP) is 0.631. The molecule has 2 atom stereocenters. The van der Waals surface area contributed by atoms with Crippen molar-refractivity contribution < 1.29 is 25.8 Å². The summed E-state index contributed by atoms with van der Waals surface area (Å²) in [6.07, 6.45) is 0.409. The summed E-state index contributed by atoms with van der Waals surface area (Å²) in [6.45, 7) is 9.00. The van der Waals surface area contributed by atoms with Gasteiger partial charge in [-0.1, -0.05) is 0 Å². The maximum atomic E-state index is 5.62. The van der Waals surface area contributed by atoms with E-state index in [9.17, 15) is 0 Å². The molecular formula is C10H20N2OW. The van der Waals surface area contributed by atoms with Gasteiger partial charge in [0.15, 0.2) is 0 Å². The van der Waals surface area contributed by atoms with Crippen LogP contribution in [0.25, 0.3) is 0 Å². The number of fused-ring (bicyclic) bond motifs is 1. The van der Waals surface area contributed by atoms with Crippen LogP contribution in [0.4, 0.5) is 0 Å². The number of hydrogen-bond acceptors (Lipinski definition) is 3. The van der Waals surface area contributed by atoms with Gasteiger partial charge in [0.1, 0.15) is 0 Å². The Hall–Kier alpha value is 0.568. The van der Waals surface area contributed by atoms with Crippen molar-refractivity contribution >= 4 is 0 Å². The molecule has 3 nitrogen and oxygen atoms in total. The number of rotatable bonds is 0. The van der Waals surface area contributed by atoms with Gasteiger partial charge in [-0.3, -0.25) is 11.9 Å². The average molecular weight is 368 g/mol. The number of nitrogens with zero attached hydrogens (tertiary/aromatic N) is 2. The van der Waals surface area contributed by atoms with Crippen molar-refractivity contribution in [2.24, 2.45) is 0 Å². The summed E-state index contributed by atoms with van der Waals surface area (Å²) in [5.41, 5.74) is 0. The first kappa shape index (κ1) is 14.6. The minimum Gasteiger partial charge on any atom is -0.456 e. The average Bonchev–Trinajstić information content (AvgIpc) is 2.51. The maximum absolute atomic E-state index is 5.62. The fourth-order valence-electron chi connectivity index (χ4n) is 1.93. The molecule has 2 fully saturated rings. The quantitative estimate of drug-likeness (QED) is 0.584. The summed E-state index contributed by atoms with van der Waals surface area (Å²) >= 11 is 0. The first-order valence-corrected chi connectivity index (χ1v) is 4.85. The molecule has 0 aromatic rings. The van der Waals surface area contributed by atoms with E-state index in [0.29, 0.717) is 12.1 Å². The molecule has 0 N–H and O–H groups in total. The second kappa shape index (κ2) is 6.94. The van der Waals surface area contributed by atoms with Crippen molar-refractivity contribution in [1.29, 1.82) is 0 Å². The van der Waals surface area contributed by atoms with Crippen LogP contribution in [0.2, 0.25) is 0 Å². The van der Waals surface area contributed by atoms with Crippen molar-refractivity contribution in [3.63, 3.8) is 0 Å². The van der Waals surface area contributed by atoms with Gasteiger partial charge in [0, 0.05) is 12.6 Å². The molecule has 82 valence electrons. The van der Waals surface area contributed by atoms with Crippen molar-refractivity contribution in [3.05, 3.63) is 14.0 Å². The Morgan fingerprint density at radius 2 is 1.93 bits per heavy atom. The van der Waals surface area contributed by atoms with E-state index in [4.69, 9.17) is 4.74 Å². The number of morpholine rings is 1. The molecule has 0 unspecified atom stereocenters. The molecule has 4 heteroatoms. The molecular weight excluding hydrogens is 348 g/mol. The molecule has 14 heavy (non-hydrogen) atoms. The zero-order chi connectivity index (χ0) is 9.84. The van der Waals surface area contributed by atoms with Crippen LogP contribution in [0.5, 0.6) is 0 Å².